The molecule has 0 aliphatic heterocycles. The molecule has 0 heterocycles. The standard InChI is InChI=1S/C17H15Cl2NO3/c1-20(2)16(21)15(11-6-4-3-5-7-11)23-17(22)13-10-12(18)8-9-14(13)19/h3-10,15H,1-2H3. The molecule has 120 valence electrons. The fourth-order valence-corrected chi connectivity index (χ4v) is 2.31. The summed E-state index contributed by atoms with van der Waals surface area (Å²) in [6.45, 7) is 0. The molecule has 0 N–H and O–H groups in total. The summed E-state index contributed by atoms with van der Waals surface area (Å²) in [7, 11) is 3.19. The topological polar surface area (TPSA) is 46.6 Å². The van der Waals surface area contributed by atoms with E-state index < -0.39 is 12.1 Å². The van der Waals surface area contributed by atoms with Crippen LogP contribution in [-0.4, -0.2) is 30.9 Å². The first-order valence-corrected chi connectivity index (χ1v) is 7.58. The Morgan fingerprint density at radius 3 is 2.30 bits per heavy atom. The summed E-state index contributed by atoms with van der Waals surface area (Å²) in [6.07, 6.45) is -1.05. The number of esters is 1. The maximum atomic E-state index is 12.4. The molecule has 0 saturated heterocycles. The minimum absolute atomic E-state index is 0.117. The van der Waals surface area contributed by atoms with E-state index in [1.807, 2.05) is 6.07 Å². The second-order valence-corrected chi connectivity index (χ2v) is 5.90. The zero-order valence-electron chi connectivity index (χ0n) is 12.6. The van der Waals surface area contributed by atoms with Crippen LogP contribution in [0.4, 0.5) is 0 Å². The number of ether oxygens (including phenoxy) is 1. The highest BCUT2D eigenvalue weighted by atomic mass is 35.5. The van der Waals surface area contributed by atoms with Gasteiger partial charge in [0.05, 0.1) is 10.6 Å². The fourth-order valence-electron chi connectivity index (χ4n) is 1.95. The highest BCUT2D eigenvalue weighted by molar-refractivity contribution is 6.35. The first-order chi connectivity index (χ1) is 10.9. The molecule has 1 unspecified atom stereocenters. The normalized spacial score (nSPS) is 11.7. The minimum atomic E-state index is -1.05. The summed E-state index contributed by atoms with van der Waals surface area (Å²) in [6, 6.07) is 13.3. The lowest BCUT2D eigenvalue weighted by molar-refractivity contribution is -0.138. The highest BCUT2D eigenvalue weighted by Crippen LogP contribution is 2.25. The van der Waals surface area contributed by atoms with Gasteiger partial charge in [0.25, 0.3) is 5.91 Å². The smallest absolute Gasteiger partial charge is 0.340 e. The molecule has 0 aliphatic carbocycles. The van der Waals surface area contributed by atoms with Crippen molar-refractivity contribution in [2.45, 2.75) is 6.10 Å². The number of carbonyl (C=O) groups is 2. The Balaban J connectivity index is 2.32. The second kappa shape index (κ2) is 7.49. The molecule has 0 saturated carbocycles. The molecule has 0 bridgehead atoms. The Morgan fingerprint density at radius 1 is 1.04 bits per heavy atom. The Hall–Kier alpha value is -2.04. The summed E-state index contributed by atoms with van der Waals surface area (Å²) < 4.78 is 5.41. The molecule has 0 fully saturated rings. The van der Waals surface area contributed by atoms with Crippen LogP contribution in [0.25, 0.3) is 0 Å². The number of nitrogens with zero attached hydrogens (tertiary/aromatic N) is 1. The van der Waals surface area contributed by atoms with Crippen molar-refractivity contribution in [1.82, 2.24) is 4.90 Å². The van der Waals surface area contributed by atoms with Crippen LogP contribution in [0.1, 0.15) is 22.0 Å². The minimum Gasteiger partial charge on any atom is -0.444 e. The maximum Gasteiger partial charge on any atom is 0.340 e. The molecule has 0 aromatic heterocycles. The largest absolute Gasteiger partial charge is 0.444 e. The van der Waals surface area contributed by atoms with Crippen molar-refractivity contribution in [2.24, 2.45) is 0 Å². The SMILES string of the molecule is CN(C)C(=O)C(OC(=O)c1cc(Cl)ccc1Cl)c1ccccc1. The number of rotatable bonds is 4. The molecule has 0 aliphatic rings. The van der Waals surface area contributed by atoms with Gasteiger partial charge >= 0.3 is 5.97 Å². The van der Waals surface area contributed by atoms with Crippen LogP contribution in [0.5, 0.6) is 0 Å². The van der Waals surface area contributed by atoms with Gasteiger partial charge < -0.3 is 9.64 Å². The third-order valence-corrected chi connectivity index (χ3v) is 3.71. The third-order valence-electron chi connectivity index (χ3n) is 3.14. The molecule has 2 aromatic rings. The maximum absolute atomic E-state index is 12.4. The Kier molecular flexibility index (Phi) is 5.64. The van der Waals surface area contributed by atoms with Gasteiger partial charge in [0.1, 0.15) is 0 Å². The molecule has 4 nitrogen and oxygen atoms in total. The molecule has 6 heteroatoms. The van der Waals surface area contributed by atoms with E-state index in [0.717, 1.165) is 0 Å². The van der Waals surface area contributed by atoms with Crippen molar-refractivity contribution in [2.75, 3.05) is 14.1 Å². The quantitative estimate of drug-likeness (QED) is 0.782. The number of hydrogen-bond donors (Lipinski definition) is 0. The molecule has 23 heavy (non-hydrogen) atoms. The molecular formula is C17H15Cl2NO3. The Labute approximate surface area is 144 Å². The first-order valence-electron chi connectivity index (χ1n) is 6.82. The second-order valence-electron chi connectivity index (χ2n) is 5.05. The third kappa shape index (κ3) is 4.24. The zero-order valence-corrected chi connectivity index (χ0v) is 14.1. The zero-order chi connectivity index (χ0) is 17.0. The van der Waals surface area contributed by atoms with Gasteiger partial charge in [-0.15, -0.1) is 0 Å². The summed E-state index contributed by atoms with van der Waals surface area (Å²) in [5, 5.41) is 0.570. The van der Waals surface area contributed by atoms with Gasteiger partial charge in [-0.2, -0.15) is 0 Å². The molecule has 0 radical (unpaired) electrons. The van der Waals surface area contributed by atoms with Crippen LogP contribution in [0, 0.1) is 0 Å². The van der Waals surface area contributed by atoms with E-state index in [1.165, 1.54) is 17.0 Å². The van der Waals surface area contributed by atoms with E-state index in [1.54, 1.807) is 44.4 Å². The Bertz CT molecular complexity index is 717. The van der Waals surface area contributed by atoms with Gasteiger partial charge in [0.15, 0.2) is 0 Å². The summed E-state index contributed by atoms with van der Waals surface area (Å²) in [5.41, 5.74) is 0.698. The molecule has 1 amide bonds. The molecule has 2 aromatic carbocycles. The predicted molar refractivity (Wildman–Crippen MR) is 89.8 cm³/mol. The van der Waals surface area contributed by atoms with E-state index in [2.05, 4.69) is 0 Å². The predicted octanol–water partition coefficient (Wildman–Crippen LogP) is 3.98. The summed E-state index contributed by atoms with van der Waals surface area (Å²) in [4.78, 5) is 26.1. The van der Waals surface area contributed by atoms with Gasteiger partial charge in [0.2, 0.25) is 6.10 Å². The van der Waals surface area contributed by atoms with Crippen molar-refractivity contribution in [1.29, 1.82) is 0 Å². The van der Waals surface area contributed by atoms with E-state index in [-0.39, 0.29) is 16.5 Å². The van der Waals surface area contributed by atoms with E-state index in [4.69, 9.17) is 27.9 Å². The monoisotopic (exact) mass is 351 g/mol. The van der Waals surface area contributed by atoms with Crippen molar-refractivity contribution >= 4 is 35.1 Å². The van der Waals surface area contributed by atoms with E-state index in [0.29, 0.717) is 10.6 Å². The lowest BCUT2D eigenvalue weighted by Crippen LogP contribution is -2.31. The van der Waals surface area contributed by atoms with Gasteiger partial charge in [-0.25, -0.2) is 4.79 Å². The van der Waals surface area contributed by atoms with Crippen molar-refractivity contribution in [3.63, 3.8) is 0 Å². The van der Waals surface area contributed by atoms with Crippen molar-refractivity contribution in [3.8, 4) is 0 Å². The molecule has 0 spiro atoms. The highest BCUT2D eigenvalue weighted by Gasteiger charge is 2.27. The molecule has 1 atom stereocenters. The van der Waals surface area contributed by atoms with E-state index in [9.17, 15) is 9.59 Å². The van der Waals surface area contributed by atoms with Crippen LogP contribution >= 0.6 is 23.2 Å². The average Bonchev–Trinajstić information content (AvgIpc) is 2.54. The lowest BCUT2D eigenvalue weighted by Gasteiger charge is -2.21. The number of halogens is 2. The summed E-state index contributed by atoms with van der Waals surface area (Å²) in [5.74, 6) is -1.05. The lowest BCUT2D eigenvalue weighted by atomic mass is 10.1. The number of carbonyl (C=O) groups excluding carboxylic acids is 2. The van der Waals surface area contributed by atoms with Crippen molar-refractivity contribution in [3.05, 3.63) is 69.7 Å². The van der Waals surface area contributed by atoms with Gasteiger partial charge in [0, 0.05) is 24.7 Å². The van der Waals surface area contributed by atoms with Crippen LogP contribution in [0.3, 0.4) is 0 Å². The van der Waals surface area contributed by atoms with Crippen molar-refractivity contribution < 1.29 is 14.3 Å². The number of hydrogen-bond acceptors (Lipinski definition) is 3. The fraction of sp³-hybridized carbons (Fsp3) is 0.176. The van der Waals surface area contributed by atoms with Gasteiger partial charge in [-0.05, 0) is 18.2 Å². The summed E-state index contributed by atoms with van der Waals surface area (Å²) >= 11 is 11.9. The molecule has 2 rings (SSSR count). The number of benzene rings is 2. The van der Waals surface area contributed by atoms with E-state index >= 15 is 0 Å². The van der Waals surface area contributed by atoms with Crippen LogP contribution in [0.15, 0.2) is 48.5 Å². The Morgan fingerprint density at radius 2 is 1.70 bits per heavy atom. The van der Waals surface area contributed by atoms with Gasteiger partial charge in [-0.1, -0.05) is 53.5 Å². The average molecular weight is 352 g/mol. The number of likely N-dealkylation sites (N-methyl/N-ethyl adjacent to an activating group) is 1. The first kappa shape index (κ1) is 17.3. The van der Waals surface area contributed by atoms with Crippen LogP contribution in [-0.2, 0) is 9.53 Å². The van der Waals surface area contributed by atoms with Crippen LogP contribution in [0.2, 0.25) is 10.0 Å². The van der Waals surface area contributed by atoms with Gasteiger partial charge in [-0.3, -0.25) is 4.79 Å². The number of amides is 1. The van der Waals surface area contributed by atoms with Crippen LogP contribution < -0.4 is 0 Å². The molecular weight excluding hydrogens is 337 g/mol.